The van der Waals surface area contributed by atoms with Gasteiger partial charge in [0.05, 0.1) is 5.69 Å². The van der Waals surface area contributed by atoms with Crippen LogP contribution in [0.3, 0.4) is 0 Å². The van der Waals surface area contributed by atoms with Gasteiger partial charge in [0.25, 0.3) is 0 Å². The molecule has 1 aromatic rings. The van der Waals surface area contributed by atoms with E-state index in [1.807, 2.05) is 7.05 Å². The van der Waals surface area contributed by atoms with E-state index in [1.165, 1.54) is 12.1 Å². The second-order valence-electron chi connectivity index (χ2n) is 2.89. The van der Waals surface area contributed by atoms with Gasteiger partial charge in [0.1, 0.15) is 0 Å². The maximum atomic E-state index is 3.35. The van der Waals surface area contributed by atoms with E-state index in [0.717, 1.165) is 13.1 Å². The van der Waals surface area contributed by atoms with Gasteiger partial charge in [0.15, 0.2) is 0 Å². The van der Waals surface area contributed by atoms with Gasteiger partial charge in [-0.15, -0.1) is 0 Å². The van der Waals surface area contributed by atoms with Crippen LogP contribution in [0, 0.1) is 0 Å². The van der Waals surface area contributed by atoms with E-state index in [2.05, 4.69) is 34.8 Å². The molecule has 3 nitrogen and oxygen atoms in total. The molecule has 1 N–H and O–H groups in total. The molecule has 0 saturated heterocycles. The highest BCUT2D eigenvalue weighted by Gasteiger charge is 2.01. The van der Waals surface area contributed by atoms with Gasteiger partial charge < -0.3 is 5.32 Å². The summed E-state index contributed by atoms with van der Waals surface area (Å²) in [7, 11) is 4.12. The molecule has 0 saturated carbocycles. The molecular weight excluding hydrogens is 138 g/mol. The van der Waals surface area contributed by atoms with E-state index >= 15 is 0 Å². The van der Waals surface area contributed by atoms with Crippen LogP contribution in [0.25, 0.3) is 0 Å². The second-order valence-corrected chi connectivity index (χ2v) is 2.89. The lowest BCUT2D eigenvalue weighted by Gasteiger charge is -2.20. The summed E-state index contributed by atoms with van der Waals surface area (Å²) in [5, 5.41) is 3.35. The van der Waals surface area contributed by atoms with Crippen LogP contribution in [0.5, 0.6) is 0 Å². The number of rotatable bonds is 4. The normalized spacial score (nSPS) is 10.8. The second kappa shape index (κ2) is 3.62. The Kier molecular flexibility index (Phi) is 2.76. The lowest BCUT2D eigenvalue weighted by Crippen LogP contribution is -2.25. The van der Waals surface area contributed by atoms with E-state index in [4.69, 9.17) is 0 Å². The third kappa shape index (κ3) is 1.87. The van der Waals surface area contributed by atoms with Crippen molar-refractivity contribution in [1.82, 2.24) is 14.7 Å². The fourth-order valence-corrected chi connectivity index (χ4v) is 1.09. The highest BCUT2D eigenvalue weighted by molar-refractivity contribution is 4.98. The van der Waals surface area contributed by atoms with Crippen LogP contribution < -0.4 is 5.32 Å². The quantitative estimate of drug-likeness (QED) is 0.640. The van der Waals surface area contributed by atoms with Gasteiger partial charge in [-0.1, -0.05) is 6.92 Å². The molecule has 11 heavy (non-hydrogen) atoms. The Labute approximate surface area is 68.0 Å². The first-order chi connectivity index (χ1) is 5.25. The minimum absolute atomic E-state index is 0.995. The van der Waals surface area contributed by atoms with Crippen LogP contribution in [-0.2, 0) is 20.6 Å². The zero-order valence-corrected chi connectivity index (χ0v) is 7.59. The number of hydrogen-bond acceptors (Lipinski definition) is 1. The molecule has 0 atom stereocenters. The topological polar surface area (TPSA) is 21.9 Å². The Morgan fingerprint density at radius 3 is 2.64 bits per heavy atom. The van der Waals surface area contributed by atoms with Crippen LogP contribution >= 0.6 is 0 Å². The molecule has 0 spiro atoms. The number of nitrogens with one attached hydrogen (secondary N) is 1. The van der Waals surface area contributed by atoms with Gasteiger partial charge >= 0.3 is 0 Å². The van der Waals surface area contributed by atoms with Crippen LogP contribution in [-0.4, -0.2) is 15.9 Å². The molecule has 1 rings (SSSR count). The van der Waals surface area contributed by atoms with Crippen molar-refractivity contribution in [2.24, 2.45) is 14.1 Å². The first-order valence-electron chi connectivity index (χ1n) is 4.13. The molecule has 0 radical (unpaired) electrons. The Morgan fingerprint density at radius 2 is 2.18 bits per heavy atom. The van der Waals surface area contributed by atoms with E-state index in [1.54, 1.807) is 0 Å². The summed E-state index contributed by atoms with van der Waals surface area (Å²) in [6.07, 6.45) is 3.34. The van der Waals surface area contributed by atoms with Gasteiger partial charge in [-0.2, -0.15) is 0 Å². The third-order valence-corrected chi connectivity index (χ3v) is 1.96. The molecular formula is C8H17N3. The zero-order chi connectivity index (χ0) is 8.27. The molecule has 0 aliphatic carbocycles. The van der Waals surface area contributed by atoms with Crippen LogP contribution in [0.15, 0.2) is 6.20 Å². The molecule has 0 amide bonds. The number of nitrogens with zero attached hydrogens (tertiary/aromatic N) is 2. The maximum absolute atomic E-state index is 3.35. The van der Waals surface area contributed by atoms with Gasteiger partial charge in [-0.25, -0.2) is 0 Å². The molecule has 0 bridgehead atoms. The summed E-state index contributed by atoms with van der Waals surface area (Å²) < 4.78 is 4.21. The largest absolute Gasteiger partial charge is 0.311 e. The van der Waals surface area contributed by atoms with Crippen molar-refractivity contribution < 1.29 is 0 Å². The summed E-state index contributed by atoms with van der Waals surface area (Å²) in [6, 6.07) is 0. The van der Waals surface area contributed by atoms with E-state index in [0.29, 0.717) is 0 Å². The molecule has 1 aromatic heterocycles. The predicted octanol–water partition coefficient (Wildman–Crippen LogP) is 0.863. The Balaban J connectivity index is 2.25. The van der Waals surface area contributed by atoms with E-state index in [9.17, 15) is 0 Å². The first-order valence-corrected chi connectivity index (χ1v) is 4.13. The van der Waals surface area contributed by atoms with E-state index < -0.39 is 0 Å². The molecule has 0 aromatic carbocycles. The van der Waals surface area contributed by atoms with Crippen molar-refractivity contribution in [1.29, 1.82) is 0 Å². The zero-order valence-electron chi connectivity index (χ0n) is 7.59. The minimum Gasteiger partial charge on any atom is -0.311 e. The van der Waals surface area contributed by atoms with Gasteiger partial charge in [0.2, 0.25) is 0 Å². The first kappa shape index (κ1) is 8.40. The van der Waals surface area contributed by atoms with Gasteiger partial charge in [-0.3, -0.25) is 9.36 Å². The van der Waals surface area contributed by atoms with Crippen LogP contribution in [0.2, 0.25) is 0 Å². The highest BCUT2D eigenvalue weighted by atomic mass is 15.4. The summed E-state index contributed by atoms with van der Waals surface area (Å²) in [6.45, 7) is 4.28. The van der Waals surface area contributed by atoms with Crippen molar-refractivity contribution in [3.8, 4) is 0 Å². The summed E-state index contributed by atoms with van der Waals surface area (Å²) >= 11 is 0. The average molecular weight is 155 g/mol. The monoisotopic (exact) mass is 155 g/mol. The van der Waals surface area contributed by atoms with Gasteiger partial charge in [-0.05, 0) is 13.0 Å². The van der Waals surface area contributed by atoms with Crippen LogP contribution in [0.4, 0.5) is 0 Å². The average Bonchev–Trinajstić information content (AvgIpc) is 2.03. The van der Waals surface area contributed by atoms with Crippen molar-refractivity contribution in [2.75, 3.05) is 6.54 Å². The molecule has 0 fully saturated rings. The molecule has 0 unspecified atom stereocenters. The lowest BCUT2D eigenvalue weighted by molar-refractivity contribution is 0.468. The van der Waals surface area contributed by atoms with Crippen LogP contribution in [0.1, 0.15) is 19.0 Å². The Hall–Kier alpha value is -0.700. The summed E-state index contributed by atoms with van der Waals surface area (Å²) in [4.78, 5) is 0. The fourth-order valence-electron chi connectivity index (χ4n) is 1.09. The van der Waals surface area contributed by atoms with Crippen molar-refractivity contribution >= 4 is 0 Å². The number of hydrogen-bond donors (Lipinski definition) is 1. The van der Waals surface area contributed by atoms with E-state index in [-0.39, 0.29) is 0 Å². The molecule has 0 aliphatic heterocycles. The predicted molar refractivity (Wildman–Crippen MR) is 46.4 cm³/mol. The molecule has 64 valence electrons. The Bertz CT molecular complexity index is 210. The van der Waals surface area contributed by atoms with Gasteiger partial charge in [0, 0.05) is 26.8 Å². The minimum atomic E-state index is 0.995. The number of aryl methyl sites for hydroxylation is 1. The van der Waals surface area contributed by atoms with Crippen molar-refractivity contribution in [3.05, 3.63) is 11.9 Å². The SMILES string of the molecule is CCCNCc1cn(C)n1C. The molecule has 0 aliphatic rings. The highest BCUT2D eigenvalue weighted by Crippen LogP contribution is 1.99. The molecule has 1 heterocycles. The summed E-state index contributed by atoms with van der Waals surface area (Å²) in [5.74, 6) is 0. The van der Waals surface area contributed by atoms with Crippen molar-refractivity contribution in [2.45, 2.75) is 19.9 Å². The summed E-state index contributed by atoms with van der Waals surface area (Å²) in [5.41, 5.74) is 1.36. The fraction of sp³-hybridized carbons (Fsp3) is 0.750. The van der Waals surface area contributed by atoms with Crippen molar-refractivity contribution in [3.63, 3.8) is 0 Å². The lowest BCUT2D eigenvalue weighted by atomic mass is 10.4. The smallest absolute Gasteiger partial charge is 0.0660 e. The number of aromatic nitrogens is 2. The Morgan fingerprint density at radius 1 is 1.45 bits per heavy atom. The maximum Gasteiger partial charge on any atom is 0.0660 e. The third-order valence-electron chi connectivity index (χ3n) is 1.96. The standard InChI is InChI=1S/C8H17N3/c1-4-5-9-6-8-7-10(2)11(8)3/h7,9H,4-6H2,1-3H3. The molecule has 3 heteroatoms.